The molecule has 3 nitrogen and oxygen atoms in total. The molecule has 14 heavy (non-hydrogen) atoms. The van der Waals surface area contributed by atoms with Crippen LogP contribution in [0.3, 0.4) is 0 Å². The Morgan fingerprint density at radius 3 is 2.43 bits per heavy atom. The van der Waals surface area contributed by atoms with E-state index in [2.05, 4.69) is 0 Å². The molecule has 1 amide bonds. The third-order valence-electron chi connectivity index (χ3n) is 1.36. The molecule has 0 heterocycles. The first-order valence-corrected chi connectivity index (χ1v) is 4.00. The zero-order chi connectivity index (χ0) is 11.2. The van der Waals surface area contributed by atoms with Gasteiger partial charge in [0, 0.05) is 6.54 Å². The number of rotatable bonds is 4. The summed E-state index contributed by atoms with van der Waals surface area (Å²) in [4.78, 5) is 11.6. The van der Waals surface area contributed by atoms with E-state index in [1.165, 1.54) is 13.0 Å². The maximum atomic E-state index is 11.9. The predicted octanol–water partition coefficient (Wildman–Crippen LogP) is 0.946. The maximum Gasteiger partial charge on any atom is 0.406 e. The predicted molar refractivity (Wildman–Crippen MR) is 44.5 cm³/mol. The van der Waals surface area contributed by atoms with E-state index < -0.39 is 25.2 Å². The van der Waals surface area contributed by atoms with Crippen molar-refractivity contribution in [3.05, 3.63) is 12.2 Å². The van der Waals surface area contributed by atoms with Crippen molar-refractivity contribution in [2.24, 2.45) is 0 Å². The Labute approximate surface area is 79.8 Å². The van der Waals surface area contributed by atoms with Gasteiger partial charge in [-0.25, -0.2) is 0 Å². The fourth-order valence-corrected chi connectivity index (χ4v) is 0.852. The van der Waals surface area contributed by atoms with E-state index in [-0.39, 0.29) is 6.54 Å². The molecule has 0 aromatic rings. The second-order valence-corrected chi connectivity index (χ2v) is 2.60. The van der Waals surface area contributed by atoms with E-state index in [1.807, 2.05) is 0 Å². The lowest BCUT2D eigenvalue weighted by Gasteiger charge is -2.21. The number of carbonyl (C=O) groups excluding carboxylic acids is 1. The zero-order valence-electron chi connectivity index (χ0n) is 7.71. The van der Waals surface area contributed by atoms with Gasteiger partial charge in [0.25, 0.3) is 0 Å². The summed E-state index contributed by atoms with van der Waals surface area (Å²) >= 11 is 0. The van der Waals surface area contributed by atoms with Crippen molar-refractivity contribution in [2.75, 3.05) is 19.7 Å². The average molecular weight is 211 g/mol. The third-order valence-corrected chi connectivity index (χ3v) is 1.36. The van der Waals surface area contributed by atoms with Gasteiger partial charge >= 0.3 is 6.18 Å². The standard InChI is InChI=1S/C8H12F3NO2/c1-2-3-7(14)12(4-5-13)6-8(9,10)11/h2-3,13H,4-6H2,1H3. The van der Waals surface area contributed by atoms with Gasteiger partial charge in [-0.05, 0) is 13.0 Å². The van der Waals surface area contributed by atoms with Crippen LogP contribution in [0.4, 0.5) is 13.2 Å². The highest BCUT2D eigenvalue weighted by molar-refractivity contribution is 5.87. The number of hydrogen-bond acceptors (Lipinski definition) is 2. The van der Waals surface area contributed by atoms with Crippen LogP contribution in [-0.2, 0) is 4.79 Å². The Morgan fingerprint density at radius 2 is 2.07 bits per heavy atom. The van der Waals surface area contributed by atoms with Crippen LogP contribution < -0.4 is 0 Å². The van der Waals surface area contributed by atoms with E-state index in [9.17, 15) is 18.0 Å². The van der Waals surface area contributed by atoms with E-state index in [0.717, 1.165) is 6.08 Å². The molecule has 0 fully saturated rings. The quantitative estimate of drug-likeness (QED) is 0.703. The van der Waals surface area contributed by atoms with E-state index in [1.54, 1.807) is 0 Å². The molecule has 0 aromatic carbocycles. The van der Waals surface area contributed by atoms with Crippen LogP contribution in [0.25, 0.3) is 0 Å². The molecule has 0 rings (SSSR count). The molecule has 0 saturated heterocycles. The van der Waals surface area contributed by atoms with Crippen molar-refractivity contribution in [3.63, 3.8) is 0 Å². The summed E-state index contributed by atoms with van der Waals surface area (Å²) in [6.07, 6.45) is -2.06. The average Bonchev–Trinajstić information content (AvgIpc) is 2.01. The monoisotopic (exact) mass is 211 g/mol. The van der Waals surface area contributed by atoms with Crippen molar-refractivity contribution in [2.45, 2.75) is 13.1 Å². The molecule has 0 aliphatic heterocycles. The molecule has 0 saturated carbocycles. The van der Waals surface area contributed by atoms with Gasteiger partial charge in [0.2, 0.25) is 5.91 Å². The highest BCUT2D eigenvalue weighted by Gasteiger charge is 2.31. The van der Waals surface area contributed by atoms with Gasteiger partial charge in [0.05, 0.1) is 6.61 Å². The number of hydrogen-bond donors (Lipinski definition) is 1. The number of allylic oxidation sites excluding steroid dienone is 1. The lowest BCUT2D eigenvalue weighted by molar-refractivity contribution is -0.159. The summed E-state index contributed by atoms with van der Waals surface area (Å²) in [7, 11) is 0. The molecular weight excluding hydrogens is 199 g/mol. The lowest BCUT2D eigenvalue weighted by Crippen LogP contribution is -2.39. The molecule has 82 valence electrons. The van der Waals surface area contributed by atoms with Gasteiger partial charge in [-0.15, -0.1) is 0 Å². The van der Waals surface area contributed by atoms with Crippen LogP contribution in [0.1, 0.15) is 6.92 Å². The first-order valence-electron chi connectivity index (χ1n) is 4.00. The van der Waals surface area contributed by atoms with Crippen LogP contribution >= 0.6 is 0 Å². The van der Waals surface area contributed by atoms with Crippen molar-refractivity contribution >= 4 is 5.91 Å². The van der Waals surface area contributed by atoms with Crippen LogP contribution in [0.5, 0.6) is 0 Å². The summed E-state index contributed by atoms with van der Waals surface area (Å²) in [5.41, 5.74) is 0. The van der Waals surface area contributed by atoms with Gasteiger partial charge in [-0.3, -0.25) is 4.79 Å². The molecule has 6 heteroatoms. The highest BCUT2D eigenvalue weighted by Crippen LogP contribution is 2.16. The summed E-state index contributed by atoms with van der Waals surface area (Å²) in [6, 6.07) is 0. The molecule has 0 bridgehead atoms. The Bertz CT molecular complexity index is 213. The van der Waals surface area contributed by atoms with Gasteiger partial charge < -0.3 is 10.0 Å². The van der Waals surface area contributed by atoms with Crippen molar-refractivity contribution in [1.29, 1.82) is 0 Å². The normalized spacial score (nSPS) is 12.1. The first-order chi connectivity index (χ1) is 6.40. The SMILES string of the molecule is CC=CC(=O)N(CCO)CC(F)(F)F. The molecule has 0 aromatic heterocycles. The van der Waals surface area contributed by atoms with Gasteiger partial charge in [-0.2, -0.15) is 13.2 Å². The molecule has 1 N–H and O–H groups in total. The Kier molecular flexibility index (Phi) is 5.22. The van der Waals surface area contributed by atoms with E-state index in [0.29, 0.717) is 4.90 Å². The van der Waals surface area contributed by atoms with Crippen molar-refractivity contribution < 1.29 is 23.1 Å². The molecule has 0 spiro atoms. The van der Waals surface area contributed by atoms with Crippen LogP contribution in [0, 0.1) is 0 Å². The minimum absolute atomic E-state index is 0.317. The third kappa shape index (κ3) is 5.58. The molecule has 0 unspecified atom stereocenters. The Morgan fingerprint density at radius 1 is 1.50 bits per heavy atom. The molecule has 0 radical (unpaired) electrons. The summed E-state index contributed by atoms with van der Waals surface area (Å²) in [6.45, 7) is -0.610. The second-order valence-electron chi connectivity index (χ2n) is 2.60. The lowest BCUT2D eigenvalue weighted by atomic mass is 10.4. The molecule has 0 aliphatic rings. The number of carbonyl (C=O) groups is 1. The topological polar surface area (TPSA) is 40.5 Å². The van der Waals surface area contributed by atoms with Crippen LogP contribution in [0.15, 0.2) is 12.2 Å². The molecular formula is C8H12F3NO2. The van der Waals surface area contributed by atoms with Crippen LogP contribution in [-0.4, -0.2) is 41.8 Å². The van der Waals surface area contributed by atoms with E-state index in [4.69, 9.17) is 5.11 Å². The highest BCUT2D eigenvalue weighted by atomic mass is 19.4. The fourth-order valence-electron chi connectivity index (χ4n) is 0.852. The Hall–Kier alpha value is -1.04. The first kappa shape index (κ1) is 13.0. The number of halogens is 3. The smallest absolute Gasteiger partial charge is 0.395 e. The number of alkyl halides is 3. The van der Waals surface area contributed by atoms with Gasteiger partial charge in [0.1, 0.15) is 6.54 Å². The minimum atomic E-state index is -4.44. The summed E-state index contributed by atoms with van der Waals surface area (Å²) in [5.74, 6) is -0.751. The summed E-state index contributed by atoms with van der Waals surface area (Å²) < 4.78 is 35.8. The van der Waals surface area contributed by atoms with Gasteiger partial charge in [0.15, 0.2) is 0 Å². The number of aliphatic hydroxyl groups is 1. The minimum Gasteiger partial charge on any atom is -0.395 e. The Balaban J connectivity index is 4.36. The number of amides is 1. The number of aliphatic hydroxyl groups excluding tert-OH is 1. The fraction of sp³-hybridized carbons (Fsp3) is 0.625. The van der Waals surface area contributed by atoms with Crippen molar-refractivity contribution in [1.82, 2.24) is 4.90 Å². The zero-order valence-corrected chi connectivity index (χ0v) is 7.71. The number of nitrogens with zero attached hydrogens (tertiary/aromatic N) is 1. The summed E-state index contributed by atoms with van der Waals surface area (Å²) in [5, 5.41) is 8.47. The molecule has 0 aliphatic carbocycles. The van der Waals surface area contributed by atoms with Crippen LogP contribution in [0.2, 0.25) is 0 Å². The maximum absolute atomic E-state index is 11.9. The van der Waals surface area contributed by atoms with Crippen molar-refractivity contribution in [3.8, 4) is 0 Å². The van der Waals surface area contributed by atoms with E-state index >= 15 is 0 Å². The molecule has 0 atom stereocenters. The second kappa shape index (κ2) is 5.64. The van der Waals surface area contributed by atoms with Gasteiger partial charge in [-0.1, -0.05) is 6.08 Å². The largest absolute Gasteiger partial charge is 0.406 e.